The second-order valence-corrected chi connectivity index (χ2v) is 8.42. The number of thiophene rings is 1. The number of rotatable bonds is 5. The standard InChI is InChI=1S/C16H18N2O3S2/c19-16(17-8-7-15-6-2-10-22-15)13-4-1-5-14(12-13)18-9-3-11-23(18,20)21/h1-2,4-6,10,12H,3,7-9,11H2,(H,17,19). The fourth-order valence-corrected chi connectivity index (χ4v) is 4.85. The molecule has 2 aromatic rings. The van der Waals surface area contributed by atoms with E-state index in [0.29, 0.717) is 30.8 Å². The highest BCUT2D eigenvalue weighted by molar-refractivity contribution is 7.93. The lowest BCUT2D eigenvalue weighted by molar-refractivity contribution is 0.0954. The summed E-state index contributed by atoms with van der Waals surface area (Å²) < 4.78 is 25.3. The number of amides is 1. The Bertz CT molecular complexity index is 785. The molecule has 1 aliphatic heterocycles. The van der Waals surface area contributed by atoms with E-state index in [1.165, 1.54) is 9.18 Å². The molecule has 5 nitrogen and oxygen atoms in total. The molecule has 0 saturated carbocycles. The molecule has 122 valence electrons. The number of carbonyl (C=O) groups excluding carboxylic acids is 1. The van der Waals surface area contributed by atoms with E-state index in [4.69, 9.17) is 0 Å². The Kier molecular flexibility index (Phi) is 4.68. The predicted octanol–water partition coefficient (Wildman–Crippen LogP) is 2.26. The SMILES string of the molecule is O=C(NCCc1cccs1)c1cccc(N2CCCS2(=O)=O)c1. The summed E-state index contributed by atoms with van der Waals surface area (Å²) in [6.07, 6.45) is 1.42. The monoisotopic (exact) mass is 350 g/mol. The van der Waals surface area contributed by atoms with Gasteiger partial charge in [-0.1, -0.05) is 12.1 Å². The molecular weight excluding hydrogens is 332 g/mol. The van der Waals surface area contributed by atoms with E-state index < -0.39 is 10.0 Å². The smallest absolute Gasteiger partial charge is 0.251 e. The molecule has 3 rings (SSSR count). The van der Waals surface area contributed by atoms with Gasteiger partial charge in [0.15, 0.2) is 0 Å². The number of hydrogen-bond donors (Lipinski definition) is 1. The Morgan fingerprint density at radius 2 is 2.13 bits per heavy atom. The highest BCUT2D eigenvalue weighted by Crippen LogP contribution is 2.24. The Hall–Kier alpha value is -1.86. The Morgan fingerprint density at radius 1 is 1.26 bits per heavy atom. The summed E-state index contributed by atoms with van der Waals surface area (Å²) in [5.41, 5.74) is 1.05. The zero-order valence-electron chi connectivity index (χ0n) is 12.6. The molecule has 23 heavy (non-hydrogen) atoms. The summed E-state index contributed by atoms with van der Waals surface area (Å²) in [7, 11) is -3.23. The van der Waals surface area contributed by atoms with Gasteiger partial charge in [0.2, 0.25) is 10.0 Å². The van der Waals surface area contributed by atoms with E-state index in [-0.39, 0.29) is 11.7 Å². The number of benzene rings is 1. The fraction of sp³-hybridized carbons (Fsp3) is 0.312. The molecule has 1 saturated heterocycles. The lowest BCUT2D eigenvalue weighted by atomic mass is 10.2. The summed E-state index contributed by atoms with van der Waals surface area (Å²) in [4.78, 5) is 13.5. The average molecular weight is 350 g/mol. The van der Waals surface area contributed by atoms with Gasteiger partial charge in [0, 0.05) is 23.5 Å². The second kappa shape index (κ2) is 6.72. The van der Waals surface area contributed by atoms with Crippen LogP contribution in [0.3, 0.4) is 0 Å². The first-order chi connectivity index (χ1) is 11.1. The van der Waals surface area contributed by atoms with Gasteiger partial charge >= 0.3 is 0 Å². The van der Waals surface area contributed by atoms with Gasteiger partial charge in [-0.2, -0.15) is 0 Å². The van der Waals surface area contributed by atoms with Gasteiger partial charge < -0.3 is 5.32 Å². The van der Waals surface area contributed by atoms with Gasteiger partial charge in [-0.05, 0) is 42.5 Å². The van der Waals surface area contributed by atoms with Crippen LogP contribution in [-0.2, 0) is 16.4 Å². The van der Waals surface area contributed by atoms with Gasteiger partial charge in [-0.3, -0.25) is 9.10 Å². The average Bonchev–Trinajstić information content (AvgIpc) is 3.16. The van der Waals surface area contributed by atoms with Crippen molar-refractivity contribution in [2.24, 2.45) is 0 Å². The van der Waals surface area contributed by atoms with E-state index in [1.807, 2.05) is 17.5 Å². The third-order valence-electron chi connectivity index (χ3n) is 3.73. The van der Waals surface area contributed by atoms with E-state index in [0.717, 1.165) is 6.42 Å². The van der Waals surface area contributed by atoms with Gasteiger partial charge in [-0.25, -0.2) is 8.42 Å². The van der Waals surface area contributed by atoms with Crippen molar-refractivity contribution in [2.75, 3.05) is 23.1 Å². The second-order valence-electron chi connectivity index (χ2n) is 5.38. The van der Waals surface area contributed by atoms with Crippen molar-refractivity contribution in [1.29, 1.82) is 0 Å². The molecule has 1 aliphatic rings. The molecule has 2 heterocycles. The van der Waals surface area contributed by atoms with Crippen LogP contribution in [-0.4, -0.2) is 33.2 Å². The van der Waals surface area contributed by atoms with E-state index in [9.17, 15) is 13.2 Å². The van der Waals surface area contributed by atoms with Gasteiger partial charge in [0.25, 0.3) is 5.91 Å². The highest BCUT2D eigenvalue weighted by atomic mass is 32.2. The largest absolute Gasteiger partial charge is 0.352 e. The summed E-state index contributed by atoms with van der Waals surface area (Å²) in [6.45, 7) is 1.04. The normalized spacial score (nSPS) is 16.4. The van der Waals surface area contributed by atoms with Crippen LogP contribution in [0.4, 0.5) is 5.69 Å². The summed E-state index contributed by atoms with van der Waals surface area (Å²) in [5.74, 6) is -0.00968. The molecule has 1 aromatic carbocycles. The lowest BCUT2D eigenvalue weighted by Gasteiger charge is -2.17. The van der Waals surface area contributed by atoms with Crippen molar-refractivity contribution in [3.8, 4) is 0 Å². The van der Waals surface area contributed by atoms with E-state index in [1.54, 1.807) is 35.6 Å². The van der Waals surface area contributed by atoms with Gasteiger partial charge in [0.1, 0.15) is 0 Å². The zero-order valence-corrected chi connectivity index (χ0v) is 14.2. The zero-order chi connectivity index (χ0) is 16.3. The maximum absolute atomic E-state index is 12.2. The van der Waals surface area contributed by atoms with Crippen LogP contribution in [0.1, 0.15) is 21.7 Å². The molecular formula is C16H18N2O3S2. The highest BCUT2D eigenvalue weighted by Gasteiger charge is 2.28. The first kappa shape index (κ1) is 16.0. The molecule has 1 fully saturated rings. The maximum Gasteiger partial charge on any atom is 0.251 e. The number of nitrogens with one attached hydrogen (secondary N) is 1. The van der Waals surface area contributed by atoms with Gasteiger partial charge in [-0.15, -0.1) is 11.3 Å². The summed E-state index contributed by atoms with van der Waals surface area (Å²) >= 11 is 1.66. The molecule has 0 atom stereocenters. The van der Waals surface area contributed by atoms with Crippen LogP contribution in [0, 0.1) is 0 Å². The molecule has 0 unspecified atom stereocenters. The first-order valence-corrected chi connectivity index (χ1v) is 9.96. The van der Waals surface area contributed by atoms with E-state index in [2.05, 4.69) is 5.32 Å². The number of nitrogens with zero attached hydrogens (tertiary/aromatic N) is 1. The Labute approximate surface area is 140 Å². The van der Waals surface area contributed by atoms with Gasteiger partial charge in [0.05, 0.1) is 11.4 Å². The van der Waals surface area contributed by atoms with Crippen LogP contribution >= 0.6 is 11.3 Å². The molecule has 1 N–H and O–H groups in total. The Balaban J connectivity index is 1.66. The van der Waals surface area contributed by atoms with Crippen LogP contribution in [0.5, 0.6) is 0 Å². The van der Waals surface area contributed by atoms with Crippen molar-refractivity contribution in [3.05, 3.63) is 52.2 Å². The number of sulfonamides is 1. The van der Waals surface area contributed by atoms with Crippen molar-refractivity contribution in [1.82, 2.24) is 5.32 Å². The first-order valence-electron chi connectivity index (χ1n) is 7.47. The molecule has 1 amide bonds. The Morgan fingerprint density at radius 3 is 2.83 bits per heavy atom. The lowest BCUT2D eigenvalue weighted by Crippen LogP contribution is -2.27. The number of anilines is 1. The van der Waals surface area contributed by atoms with Crippen molar-refractivity contribution < 1.29 is 13.2 Å². The van der Waals surface area contributed by atoms with Crippen LogP contribution in [0.15, 0.2) is 41.8 Å². The minimum Gasteiger partial charge on any atom is -0.352 e. The molecule has 0 aliphatic carbocycles. The predicted molar refractivity (Wildman–Crippen MR) is 92.5 cm³/mol. The minimum atomic E-state index is -3.23. The molecule has 7 heteroatoms. The van der Waals surface area contributed by atoms with Crippen molar-refractivity contribution in [3.63, 3.8) is 0 Å². The number of carbonyl (C=O) groups is 1. The van der Waals surface area contributed by atoms with Crippen LogP contribution < -0.4 is 9.62 Å². The van der Waals surface area contributed by atoms with Crippen molar-refractivity contribution >= 4 is 33.0 Å². The maximum atomic E-state index is 12.2. The third kappa shape index (κ3) is 3.73. The molecule has 0 spiro atoms. The molecule has 1 aromatic heterocycles. The topological polar surface area (TPSA) is 66.5 Å². The quantitative estimate of drug-likeness (QED) is 0.899. The van der Waals surface area contributed by atoms with Crippen LogP contribution in [0.25, 0.3) is 0 Å². The summed E-state index contributed by atoms with van der Waals surface area (Å²) in [5, 5.41) is 4.89. The third-order valence-corrected chi connectivity index (χ3v) is 6.54. The summed E-state index contributed by atoms with van der Waals surface area (Å²) in [6, 6.07) is 10.8. The number of hydrogen-bond acceptors (Lipinski definition) is 4. The van der Waals surface area contributed by atoms with E-state index >= 15 is 0 Å². The minimum absolute atomic E-state index is 0.171. The fourth-order valence-electron chi connectivity index (χ4n) is 2.59. The van der Waals surface area contributed by atoms with Crippen LogP contribution in [0.2, 0.25) is 0 Å². The van der Waals surface area contributed by atoms with Crippen molar-refractivity contribution in [2.45, 2.75) is 12.8 Å². The molecule has 0 bridgehead atoms. The molecule has 0 radical (unpaired) electrons.